The van der Waals surface area contributed by atoms with Crippen molar-refractivity contribution in [1.82, 2.24) is 10.6 Å². The zero-order chi connectivity index (χ0) is 13.7. The number of nitrogens with one attached hydrogen (secondary N) is 2. The highest BCUT2D eigenvalue weighted by atomic mass is 16.5. The molecule has 0 aliphatic carbocycles. The van der Waals surface area contributed by atoms with E-state index in [9.17, 15) is 4.79 Å². The van der Waals surface area contributed by atoms with Crippen LogP contribution in [0.1, 0.15) is 24.0 Å². The molecule has 0 aromatic heterocycles. The third-order valence-electron chi connectivity index (χ3n) is 3.24. The quantitative estimate of drug-likeness (QED) is 0.792. The van der Waals surface area contributed by atoms with Crippen LogP contribution in [0.2, 0.25) is 0 Å². The van der Waals surface area contributed by atoms with E-state index in [1.807, 2.05) is 26.0 Å². The SMILES string of the molecule is Cc1cc(C)cc(OCCNC(=O)C2CCCN2)c1. The standard InChI is InChI=1S/C15H22N2O2/c1-11-8-12(2)10-13(9-11)19-7-6-17-15(18)14-4-3-5-16-14/h8-10,14,16H,3-7H2,1-2H3,(H,17,18). The number of aryl methyl sites for hydroxylation is 2. The van der Waals surface area contributed by atoms with Gasteiger partial charge < -0.3 is 15.4 Å². The number of benzene rings is 1. The second-order valence-electron chi connectivity index (χ2n) is 5.11. The molecule has 1 unspecified atom stereocenters. The van der Waals surface area contributed by atoms with Crippen molar-refractivity contribution in [3.63, 3.8) is 0 Å². The lowest BCUT2D eigenvalue weighted by Crippen LogP contribution is -2.41. The molecule has 1 aromatic carbocycles. The lowest BCUT2D eigenvalue weighted by atomic mass is 10.1. The van der Waals surface area contributed by atoms with Gasteiger partial charge in [-0.05, 0) is 56.5 Å². The van der Waals surface area contributed by atoms with Gasteiger partial charge >= 0.3 is 0 Å². The number of rotatable bonds is 5. The van der Waals surface area contributed by atoms with Gasteiger partial charge in [0.25, 0.3) is 0 Å². The van der Waals surface area contributed by atoms with E-state index in [1.165, 1.54) is 11.1 Å². The summed E-state index contributed by atoms with van der Waals surface area (Å²) in [4.78, 5) is 11.7. The first-order valence-electron chi connectivity index (χ1n) is 6.87. The molecule has 1 aliphatic heterocycles. The maximum Gasteiger partial charge on any atom is 0.237 e. The van der Waals surface area contributed by atoms with Crippen LogP contribution in [0, 0.1) is 13.8 Å². The third kappa shape index (κ3) is 4.24. The molecule has 1 aliphatic rings. The highest BCUT2D eigenvalue weighted by Crippen LogP contribution is 2.15. The molecule has 1 aromatic rings. The summed E-state index contributed by atoms with van der Waals surface area (Å²) in [6.45, 7) is 6.09. The number of ether oxygens (including phenoxy) is 1. The average molecular weight is 262 g/mol. The van der Waals surface area contributed by atoms with Crippen molar-refractivity contribution in [2.24, 2.45) is 0 Å². The summed E-state index contributed by atoms with van der Waals surface area (Å²) in [5, 5.41) is 6.07. The molecule has 0 bridgehead atoms. The molecule has 19 heavy (non-hydrogen) atoms. The van der Waals surface area contributed by atoms with Crippen LogP contribution < -0.4 is 15.4 Å². The van der Waals surface area contributed by atoms with Crippen LogP contribution in [0.3, 0.4) is 0 Å². The Balaban J connectivity index is 1.70. The summed E-state index contributed by atoms with van der Waals surface area (Å²) in [6.07, 6.45) is 2.01. The van der Waals surface area contributed by atoms with Crippen molar-refractivity contribution in [3.8, 4) is 5.75 Å². The Morgan fingerprint density at radius 2 is 2.11 bits per heavy atom. The Bertz CT molecular complexity index is 420. The van der Waals surface area contributed by atoms with E-state index >= 15 is 0 Å². The molecule has 0 saturated carbocycles. The van der Waals surface area contributed by atoms with E-state index in [-0.39, 0.29) is 11.9 Å². The van der Waals surface area contributed by atoms with Crippen molar-refractivity contribution in [1.29, 1.82) is 0 Å². The van der Waals surface area contributed by atoms with Gasteiger partial charge in [0.15, 0.2) is 0 Å². The molecule has 1 amide bonds. The Morgan fingerprint density at radius 1 is 1.37 bits per heavy atom. The van der Waals surface area contributed by atoms with Crippen molar-refractivity contribution < 1.29 is 9.53 Å². The second kappa shape index (κ2) is 6.57. The summed E-state index contributed by atoms with van der Waals surface area (Å²) < 4.78 is 5.65. The largest absolute Gasteiger partial charge is 0.492 e. The molecule has 0 spiro atoms. The Labute approximate surface area is 114 Å². The number of hydrogen-bond acceptors (Lipinski definition) is 3. The van der Waals surface area contributed by atoms with E-state index in [1.54, 1.807) is 0 Å². The van der Waals surface area contributed by atoms with Crippen molar-refractivity contribution in [2.45, 2.75) is 32.7 Å². The van der Waals surface area contributed by atoms with Crippen LogP contribution in [-0.2, 0) is 4.79 Å². The van der Waals surface area contributed by atoms with Gasteiger partial charge in [0.1, 0.15) is 12.4 Å². The zero-order valence-electron chi connectivity index (χ0n) is 11.7. The lowest BCUT2D eigenvalue weighted by Gasteiger charge is -2.12. The summed E-state index contributed by atoms with van der Waals surface area (Å²) in [7, 11) is 0. The first-order valence-corrected chi connectivity index (χ1v) is 6.87. The normalized spacial score (nSPS) is 18.3. The predicted octanol–water partition coefficient (Wildman–Crippen LogP) is 1.55. The van der Waals surface area contributed by atoms with Gasteiger partial charge in [0, 0.05) is 0 Å². The molecule has 0 radical (unpaired) electrons. The Hall–Kier alpha value is -1.55. The molecule has 1 saturated heterocycles. The minimum absolute atomic E-state index is 0.0128. The molecule has 104 valence electrons. The van der Waals surface area contributed by atoms with Crippen LogP contribution in [0.25, 0.3) is 0 Å². The number of carbonyl (C=O) groups excluding carboxylic acids is 1. The topological polar surface area (TPSA) is 50.4 Å². The fourth-order valence-electron chi connectivity index (χ4n) is 2.39. The van der Waals surface area contributed by atoms with Gasteiger partial charge in [-0.3, -0.25) is 4.79 Å². The van der Waals surface area contributed by atoms with Gasteiger partial charge in [-0.1, -0.05) is 6.07 Å². The Kier molecular flexibility index (Phi) is 4.80. The third-order valence-corrected chi connectivity index (χ3v) is 3.24. The van der Waals surface area contributed by atoms with E-state index in [0.29, 0.717) is 13.2 Å². The van der Waals surface area contributed by atoms with Crippen LogP contribution >= 0.6 is 0 Å². The van der Waals surface area contributed by atoms with Gasteiger partial charge in [-0.25, -0.2) is 0 Å². The van der Waals surface area contributed by atoms with Crippen LogP contribution in [0.5, 0.6) is 5.75 Å². The van der Waals surface area contributed by atoms with Crippen molar-refractivity contribution in [2.75, 3.05) is 19.7 Å². The number of carbonyl (C=O) groups is 1. The smallest absolute Gasteiger partial charge is 0.237 e. The highest BCUT2D eigenvalue weighted by molar-refractivity contribution is 5.81. The monoisotopic (exact) mass is 262 g/mol. The number of hydrogen-bond donors (Lipinski definition) is 2. The first-order chi connectivity index (χ1) is 9.15. The first kappa shape index (κ1) is 13.9. The molecule has 4 nitrogen and oxygen atoms in total. The van der Waals surface area contributed by atoms with E-state index in [0.717, 1.165) is 25.1 Å². The van der Waals surface area contributed by atoms with E-state index in [4.69, 9.17) is 4.74 Å². The van der Waals surface area contributed by atoms with Gasteiger partial charge in [0.05, 0.1) is 12.6 Å². The predicted molar refractivity (Wildman–Crippen MR) is 75.4 cm³/mol. The van der Waals surface area contributed by atoms with Crippen LogP contribution in [0.15, 0.2) is 18.2 Å². The Morgan fingerprint density at radius 3 is 2.74 bits per heavy atom. The fourth-order valence-corrected chi connectivity index (χ4v) is 2.39. The van der Waals surface area contributed by atoms with Gasteiger partial charge in [-0.2, -0.15) is 0 Å². The molecule has 1 fully saturated rings. The summed E-state index contributed by atoms with van der Waals surface area (Å²) in [5.74, 6) is 0.951. The summed E-state index contributed by atoms with van der Waals surface area (Å²) in [5.41, 5.74) is 2.38. The zero-order valence-corrected chi connectivity index (χ0v) is 11.7. The molecule has 2 rings (SSSR count). The average Bonchev–Trinajstić information content (AvgIpc) is 2.87. The second-order valence-corrected chi connectivity index (χ2v) is 5.11. The lowest BCUT2D eigenvalue weighted by molar-refractivity contribution is -0.122. The minimum Gasteiger partial charge on any atom is -0.492 e. The van der Waals surface area contributed by atoms with E-state index < -0.39 is 0 Å². The molecule has 1 atom stereocenters. The summed E-state index contributed by atoms with van der Waals surface area (Å²) >= 11 is 0. The summed E-state index contributed by atoms with van der Waals surface area (Å²) in [6, 6.07) is 6.11. The maximum atomic E-state index is 11.7. The fraction of sp³-hybridized carbons (Fsp3) is 0.533. The van der Waals surface area contributed by atoms with Crippen molar-refractivity contribution in [3.05, 3.63) is 29.3 Å². The van der Waals surface area contributed by atoms with Crippen LogP contribution in [-0.4, -0.2) is 31.6 Å². The molecular weight excluding hydrogens is 240 g/mol. The molecule has 2 N–H and O–H groups in total. The molecule has 4 heteroatoms. The molecule has 1 heterocycles. The number of amides is 1. The van der Waals surface area contributed by atoms with Gasteiger partial charge in [0.2, 0.25) is 5.91 Å². The highest BCUT2D eigenvalue weighted by Gasteiger charge is 2.21. The minimum atomic E-state index is -0.0128. The van der Waals surface area contributed by atoms with Crippen LogP contribution in [0.4, 0.5) is 0 Å². The maximum absolute atomic E-state index is 11.7. The van der Waals surface area contributed by atoms with Gasteiger partial charge in [-0.15, -0.1) is 0 Å². The molecular formula is C15H22N2O2. The van der Waals surface area contributed by atoms with E-state index in [2.05, 4.69) is 16.7 Å². The van der Waals surface area contributed by atoms with Crippen molar-refractivity contribution >= 4 is 5.91 Å².